The summed E-state index contributed by atoms with van der Waals surface area (Å²) in [6, 6.07) is 8.59. The number of nitrogens with zero attached hydrogens (tertiary/aromatic N) is 3. The number of amides is 1. The zero-order valence-corrected chi connectivity index (χ0v) is 18.7. The van der Waals surface area contributed by atoms with Gasteiger partial charge in [0.25, 0.3) is 5.91 Å². The van der Waals surface area contributed by atoms with Gasteiger partial charge in [-0.05, 0) is 24.3 Å². The molecule has 1 aliphatic carbocycles. The Balaban J connectivity index is 1.86. The highest BCUT2D eigenvalue weighted by Crippen LogP contribution is 2.58. The standard InChI is InChI=1S/C22H24BrN3O3/c1-21(2)19(26(28-6)18(27)14-8-7-11-25-13-14)22(3,4)20(21)29-15-9-10-17(24-5)16(23)12-15/h7-13,19-20H,1-4,6H3. The molecule has 29 heavy (non-hydrogen) atoms. The first-order valence-corrected chi connectivity index (χ1v) is 10.0. The molecule has 0 radical (unpaired) electrons. The van der Waals surface area contributed by atoms with E-state index in [1.165, 1.54) is 18.4 Å². The summed E-state index contributed by atoms with van der Waals surface area (Å²) in [7, 11) is 1.51. The van der Waals surface area contributed by atoms with Crippen LogP contribution in [-0.2, 0) is 4.84 Å². The van der Waals surface area contributed by atoms with Crippen LogP contribution in [0.15, 0.2) is 47.2 Å². The maximum Gasteiger partial charge on any atom is 0.279 e. The molecular formula is C22H24BrN3O3. The Labute approximate surface area is 179 Å². The summed E-state index contributed by atoms with van der Waals surface area (Å²) >= 11 is 3.41. The lowest BCUT2D eigenvalue weighted by molar-refractivity contribution is -0.273. The maximum absolute atomic E-state index is 13.1. The van der Waals surface area contributed by atoms with E-state index in [0.29, 0.717) is 21.5 Å². The van der Waals surface area contributed by atoms with E-state index in [2.05, 4.69) is 53.5 Å². The second-order valence-electron chi connectivity index (χ2n) is 8.32. The third-order valence-electron chi connectivity index (χ3n) is 5.59. The molecule has 1 fully saturated rings. The molecule has 3 rings (SSSR count). The lowest BCUT2D eigenvalue weighted by Gasteiger charge is -2.64. The van der Waals surface area contributed by atoms with Crippen LogP contribution in [0.25, 0.3) is 4.85 Å². The summed E-state index contributed by atoms with van der Waals surface area (Å²) in [6.45, 7) is 15.4. The van der Waals surface area contributed by atoms with Crippen molar-refractivity contribution in [3.05, 3.63) is 64.2 Å². The number of ether oxygens (including phenoxy) is 1. The van der Waals surface area contributed by atoms with Gasteiger partial charge in [-0.1, -0.05) is 49.7 Å². The van der Waals surface area contributed by atoms with Crippen molar-refractivity contribution in [2.24, 2.45) is 10.8 Å². The Morgan fingerprint density at radius 1 is 1.24 bits per heavy atom. The number of halogens is 1. The van der Waals surface area contributed by atoms with Gasteiger partial charge in [0.2, 0.25) is 5.69 Å². The summed E-state index contributed by atoms with van der Waals surface area (Å²) in [4.78, 5) is 26.1. The molecule has 1 aliphatic rings. The molecule has 152 valence electrons. The fourth-order valence-corrected chi connectivity index (χ4v) is 5.17. The Morgan fingerprint density at radius 2 is 1.93 bits per heavy atom. The van der Waals surface area contributed by atoms with Gasteiger partial charge in [-0.15, -0.1) is 0 Å². The molecule has 7 heteroatoms. The molecule has 1 aromatic heterocycles. The first kappa shape index (κ1) is 21.3. The fourth-order valence-electron chi connectivity index (χ4n) is 4.73. The van der Waals surface area contributed by atoms with Crippen LogP contribution < -0.4 is 4.74 Å². The smallest absolute Gasteiger partial charge is 0.279 e. The summed E-state index contributed by atoms with van der Waals surface area (Å²) in [5.41, 5.74) is 0.268. The monoisotopic (exact) mass is 457 g/mol. The Morgan fingerprint density at radius 3 is 2.45 bits per heavy atom. The zero-order chi connectivity index (χ0) is 21.4. The van der Waals surface area contributed by atoms with E-state index in [-0.39, 0.29) is 28.9 Å². The normalized spacial score (nSPS) is 21.6. The summed E-state index contributed by atoms with van der Waals surface area (Å²) < 4.78 is 7.03. The fraction of sp³-hybridized carbons (Fsp3) is 0.409. The first-order chi connectivity index (χ1) is 13.6. The van der Waals surface area contributed by atoms with Crippen molar-refractivity contribution in [1.82, 2.24) is 10.0 Å². The molecule has 0 unspecified atom stereocenters. The number of pyridine rings is 1. The quantitative estimate of drug-likeness (QED) is 0.452. The summed E-state index contributed by atoms with van der Waals surface area (Å²) in [5, 5.41) is 1.44. The lowest BCUT2D eigenvalue weighted by Crippen LogP contribution is -2.75. The minimum atomic E-state index is -0.373. The van der Waals surface area contributed by atoms with Crippen molar-refractivity contribution in [1.29, 1.82) is 0 Å². The third kappa shape index (κ3) is 3.63. The van der Waals surface area contributed by atoms with Crippen molar-refractivity contribution >= 4 is 27.5 Å². The highest BCUT2D eigenvalue weighted by molar-refractivity contribution is 9.10. The molecule has 0 aliphatic heterocycles. The molecule has 1 saturated carbocycles. The number of carbonyl (C=O) groups excluding carboxylic acids is 1. The van der Waals surface area contributed by atoms with E-state index >= 15 is 0 Å². The average molecular weight is 458 g/mol. The molecule has 2 aromatic rings. The van der Waals surface area contributed by atoms with Crippen molar-refractivity contribution in [2.75, 3.05) is 7.11 Å². The number of benzene rings is 1. The molecule has 6 nitrogen and oxygen atoms in total. The molecule has 0 spiro atoms. The van der Waals surface area contributed by atoms with Crippen molar-refractivity contribution in [3.63, 3.8) is 0 Å². The summed E-state index contributed by atoms with van der Waals surface area (Å²) in [6.07, 6.45) is 3.01. The molecule has 1 amide bonds. The van der Waals surface area contributed by atoms with Crippen molar-refractivity contribution in [2.45, 2.75) is 39.8 Å². The van der Waals surface area contributed by atoms with E-state index < -0.39 is 0 Å². The summed E-state index contributed by atoms with van der Waals surface area (Å²) in [5.74, 6) is 0.450. The van der Waals surface area contributed by atoms with E-state index in [1.807, 2.05) is 6.07 Å². The van der Waals surface area contributed by atoms with E-state index in [0.717, 1.165) is 0 Å². The van der Waals surface area contributed by atoms with Crippen LogP contribution in [0.3, 0.4) is 0 Å². The Hall–Kier alpha value is -2.43. The predicted molar refractivity (Wildman–Crippen MR) is 114 cm³/mol. The molecule has 0 atom stereocenters. The molecule has 0 saturated heterocycles. The second-order valence-corrected chi connectivity index (χ2v) is 9.18. The predicted octanol–water partition coefficient (Wildman–Crippen LogP) is 5.28. The molecule has 1 heterocycles. The van der Waals surface area contributed by atoms with Gasteiger partial charge in [-0.25, -0.2) is 9.91 Å². The number of carbonyl (C=O) groups is 1. The zero-order valence-electron chi connectivity index (χ0n) is 17.1. The van der Waals surface area contributed by atoms with Crippen LogP contribution in [0.4, 0.5) is 5.69 Å². The molecule has 0 N–H and O–H groups in total. The van der Waals surface area contributed by atoms with Crippen LogP contribution in [0.1, 0.15) is 38.1 Å². The van der Waals surface area contributed by atoms with E-state index in [4.69, 9.17) is 16.1 Å². The van der Waals surface area contributed by atoms with E-state index in [1.54, 1.807) is 30.5 Å². The van der Waals surface area contributed by atoms with Crippen LogP contribution in [0.5, 0.6) is 5.75 Å². The van der Waals surface area contributed by atoms with Crippen LogP contribution in [0, 0.1) is 17.4 Å². The van der Waals surface area contributed by atoms with Crippen molar-refractivity contribution in [3.8, 4) is 5.75 Å². The number of rotatable bonds is 5. The molecular weight excluding hydrogens is 434 g/mol. The number of hydroxylamine groups is 2. The van der Waals surface area contributed by atoms with Gasteiger partial charge in [0.1, 0.15) is 11.9 Å². The van der Waals surface area contributed by atoms with Crippen LogP contribution in [0.2, 0.25) is 0 Å². The number of hydrogen-bond donors (Lipinski definition) is 0. The average Bonchev–Trinajstić information content (AvgIpc) is 2.69. The second kappa shape index (κ2) is 7.77. The topological polar surface area (TPSA) is 56.0 Å². The Kier molecular flexibility index (Phi) is 5.70. The van der Waals surface area contributed by atoms with Crippen LogP contribution >= 0.6 is 15.9 Å². The number of aromatic nitrogens is 1. The minimum absolute atomic E-state index is 0.162. The highest BCUT2D eigenvalue weighted by atomic mass is 79.9. The molecule has 0 bridgehead atoms. The minimum Gasteiger partial charge on any atom is -0.489 e. The van der Waals surface area contributed by atoms with Gasteiger partial charge in [-0.2, -0.15) is 0 Å². The van der Waals surface area contributed by atoms with Crippen molar-refractivity contribution < 1.29 is 14.4 Å². The van der Waals surface area contributed by atoms with Gasteiger partial charge < -0.3 is 4.74 Å². The first-order valence-electron chi connectivity index (χ1n) is 9.26. The maximum atomic E-state index is 13.1. The van der Waals surface area contributed by atoms with E-state index in [9.17, 15) is 4.79 Å². The third-order valence-corrected chi connectivity index (χ3v) is 6.23. The largest absolute Gasteiger partial charge is 0.489 e. The van der Waals surface area contributed by atoms with Gasteiger partial charge >= 0.3 is 0 Å². The van der Waals surface area contributed by atoms with Gasteiger partial charge in [0, 0.05) is 27.7 Å². The lowest BCUT2D eigenvalue weighted by atomic mass is 9.49. The number of hydrogen-bond acceptors (Lipinski definition) is 4. The van der Waals surface area contributed by atoms with Gasteiger partial charge in [-0.3, -0.25) is 14.6 Å². The van der Waals surface area contributed by atoms with Gasteiger partial charge in [0.15, 0.2) is 0 Å². The van der Waals surface area contributed by atoms with Crippen LogP contribution in [-0.4, -0.2) is 35.2 Å². The SMILES string of the molecule is [C-]#[N+]c1ccc(OC2C(C)(C)C(N(OC)C(=O)c3cccnc3)C2(C)C)cc1Br. The van der Waals surface area contributed by atoms with Gasteiger partial charge in [0.05, 0.1) is 25.3 Å². The Bertz CT molecular complexity index is 938. The molecule has 1 aromatic carbocycles. The highest BCUT2D eigenvalue weighted by Gasteiger charge is 2.67.